The molecule has 432 valence electrons. The van der Waals surface area contributed by atoms with Crippen LogP contribution in [-0.2, 0) is 52.5 Å². The molecule has 0 unspecified atom stereocenters. The quantitative estimate of drug-likeness (QED) is 0.0769. The van der Waals surface area contributed by atoms with Crippen molar-refractivity contribution in [2.45, 2.75) is 193 Å². The molecule has 4 aromatic rings. The topological polar surface area (TPSA) is 102 Å². The van der Waals surface area contributed by atoms with E-state index >= 15 is 0 Å². The number of hydrogen-bond acceptors (Lipinski definition) is 6. The number of sulfonamides is 2. The van der Waals surface area contributed by atoms with Crippen molar-refractivity contribution in [2.24, 2.45) is 0 Å². The number of nitrogens with zero attached hydrogens (tertiary/aromatic N) is 3. The van der Waals surface area contributed by atoms with Gasteiger partial charge in [-0.3, -0.25) is 0 Å². The highest BCUT2D eigenvalue weighted by molar-refractivity contribution is 9.10. The average molecular weight is 1200 g/mol. The van der Waals surface area contributed by atoms with Crippen molar-refractivity contribution in [3.05, 3.63) is 126 Å². The van der Waals surface area contributed by atoms with Crippen molar-refractivity contribution >= 4 is 64.0 Å². The third-order valence-electron chi connectivity index (χ3n) is 14.3. The first kappa shape index (κ1) is 63.5. The predicted octanol–water partition coefficient (Wildman–Crippen LogP) is 17.9. The molecule has 0 atom stereocenters. The number of benzene rings is 5. The van der Waals surface area contributed by atoms with E-state index in [1.54, 1.807) is 12.1 Å². The first-order chi connectivity index (χ1) is 35.6. The summed E-state index contributed by atoms with van der Waals surface area (Å²) in [6.45, 7) is 44.2. The van der Waals surface area contributed by atoms with E-state index in [-0.39, 0.29) is 59.4 Å². The van der Waals surface area contributed by atoms with Crippen molar-refractivity contribution in [3.8, 4) is 22.5 Å². The summed E-state index contributed by atoms with van der Waals surface area (Å²) in [4.78, 5) is 1.25. The molecular formula is C62H78BrF6N3O5S2. The molecule has 0 bridgehead atoms. The summed E-state index contributed by atoms with van der Waals surface area (Å²) in [5.41, 5.74) is 8.12. The first-order valence-electron chi connectivity index (χ1n) is 26.5. The van der Waals surface area contributed by atoms with E-state index in [0.29, 0.717) is 35.1 Å². The highest BCUT2D eigenvalue weighted by Crippen LogP contribution is 2.50. The lowest BCUT2D eigenvalue weighted by atomic mass is 9.73. The van der Waals surface area contributed by atoms with Gasteiger partial charge in [-0.05, 0) is 117 Å². The molecule has 1 aliphatic carbocycles. The Morgan fingerprint density at radius 2 is 1.04 bits per heavy atom. The van der Waals surface area contributed by atoms with E-state index < -0.39 is 42.5 Å². The third-order valence-corrected chi connectivity index (χ3v) is 18.4. The number of alkyl halides is 6. The monoisotopic (exact) mass is 1200 g/mol. The number of hydrogen-bond donors (Lipinski definition) is 0. The Hall–Kier alpha value is -4.71. The van der Waals surface area contributed by atoms with E-state index in [9.17, 15) is 43.2 Å². The SMILES string of the molecule is CCN(c1ccc2c(-c3cc(Br)ccc3S(=O)(=O)[N-]S(=O)(=O)C(C(F)(F)F)C(F)(F)F)c3ccc(=[N+](CC)c4c(C(C)(C)C)cc(C(C)(C)C)cc4C(C)(C)C)cc-3oc2c1)c1c(C(C)(C)C)cc(C(C)(C)C)cc1C(C)(C)C. The Bertz CT molecular complexity index is 3510. The van der Waals surface area contributed by atoms with Gasteiger partial charge in [-0.15, -0.1) is 0 Å². The van der Waals surface area contributed by atoms with Gasteiger partial charge in [-0.2, -0.15) is 30.9 Å². The Morgan fingerprint density at radius 3 is 1.46 bits per heavy atom. The fourth-order valence-corrected chi connectivity index (χ4v) is 13.6. The third kappa shape index (κ3) is 13.2. The van der Waals surface area contributed by atoms with Crippen LogP contribution in [0.1, 0.15) is 172 Å². The summed E-state index contributed by atoms with van der Waals surface area (Å²) >= 11 is 3.40. The van der Waals surface area contributed by atoms with E-state index in [1.807, 2.05) is 38.1 Å². The maximum Gasteiger partial charge on any atom is 0.412 e. The molecule has 4 aromatic carbocycles. The molecule has 2 aliphatic rings. The second kappa shape index (κ2) is 20.9. The van der Waals surface area contributed by atoms with Crippen LogP contribution in [0.2, 0.25) is 0 Å². The van der Waals surface area contributed by atoms with E-state index in [2.05, 4.69) is 178 Å². The largest absolute Gasteiger partial charge is 0.456 e. The first-order valence-corrected chi connectivity index (χ1v) is 30.2. The number of fused-ring (bicyclic) bond motifs is 2. The minimum atomic E-state index is -6.86. The van der Waals surface area contributed by atoms with Gasteiger partial charge >= 0.3 is 12.4 Å². The molecule has 0 saturated carbocycles. The lowest BCUT2D eigenvalue weighted by Crippen LogP contribution is -2.47. The van der Waals surface area contributed by atoms with E-state index in [0.717, 1.165) is 39.7 Å². The Labute approximate surface area is 473 Å². The maximum atomic E-state index is 14.4. The molecule has 0 N–H and O–H groups in total. The van der Waals surface area contributed by atoms with Crippen LogP contribution in [-0.4, -0.2) is 47.5 Å². The summed E-state index contributed by atoms with van der Waals surface area (Å²) in [6, 6.07) is 23.3. The van der Waals surface area contributed by atoms with E-state index in [1.165, 1.54) is 23.3 Å². The lowest BCUT2D eigenvalue weighted by molar-refractivity contribution is -0.225. The van der Waals surface area contributed by atoms with Gasteiger partial charge in [0.25, 0.3) is 0 Å². The van der Waals surface area contributed by atoms with Crippen LogP contribution < -0.4 is 14.8 Å². The van der Waals surface area contributed by atoms with Crippen molar-refractivity contribution in [2.75, 3.05) is 18.0 Å². The maximum absolute atomic E-state index is 14.4. The van der Waals surface area contributed by atoms with Crippen molar-refractivity contribution < 1.29 is 47.6 Å². The van der Waals surface area contributed by atoms with Gasteiger partial charge in [0, 0.05) is 67.7 Å². The summed E-state index contributed by atoms with van der Waals surface area (Å²) in [5.74, 6) is 0.238. The zero-order valence-electron chi connectivity index (χ0n) is 49.3. The van der Waals surface area contributed by atoms with Crippen LogP contribution >= 0.6 is 15.9 Å². The van der Waals surface area contributed by atoms with Crippen molar-refractivity contribution in [1.82, 2.24) is 4.58 Å². The minimum absolute atomic E-state index is 0.136. The minimum Gasteiger partial charge on any atom is -0.456 e. The zero-order valence-corrected chi connectivity index (χ0v) is 52.6. The van der Waals surface area contributed by atoms with Crippen molar-refractivity contribution in [3.63, 3.8) is 0 Å². The lowest BCUT2D eigenvalue weighted by Gasteiger charge is -2.38. The molecule has 8 nitrogen and oxygen atoms in total. The standard InChI is InChI=1S/C62H78BrF6N3O5S2/c1-21-71(52-44(57(9,10)11)29-36(55(3,4)5)30-45(52)58(12,13)14)39-24-26-41-48(34-39)77-49-35-40(72(22-2)53-46(59(15,16)17)31-37(56(6,7)8)32-47(53)60(18,19)20)25-27-42(49)51(41)43-33-38(63)23-28-50(43)78(73,74)70-79(75,76)54(61(64,65)66)62(67,68)69/h23-35,54H,21-22H2,1-20H3. The number of anilines is 2. The molecule has 0 aromatic heterocycles. The molecule has 0 fully saturated rings. The number of rotatable bonds is 10. The summed E-state index contributed by atoms with van der Waals surface area (Å²) in [6.07, 6.45) is -12.9. The zero-order chi connectivity index (χ0) is 60.1. The number of halogens is 7. The predicted molar refractivity (Wildman–Crippen MR) is 315 cm³/mol. The van der Waals surface area contributed by atoms with Gasteiger partial charge in [0.05, 0.1) is 11.0 Å². The summed E-state index contributed by atoms with van der Waals surface area (Å²) < 4.78 is 151. The smallest absolute Gasteiger partial charge is 0.412 e. The fourth-order valence-electron chi connectivity index (χ4n) is 10.1. The Balaban J connectivity index is 1.83. The van der Waals surface area contributed by atoms with Gasteiger partial charge in [0.1, 0.15) is 37.9 Å². The molecule has 1 aliphatic heterocycles. The molecular weight excluding hydrogens is 1120 g/mol. The highest BCUT2D eigenvalue weighted by Gasteiger charge is 2.62. The normalized spacial score (nSPS) is 14.4. The van der Waals surface area contributed by atoms with Crippen molar-refractivity contribution in [1.29, 1.82) is 0 Å². The molecule has 17 heteroatoms. The summed E-state index contributed by atoms with van der Waals surface area (Å²) in [7, 11) is -12.7. The Morgan fingerprint density at radius 1 is 0.570 bits per heavy atom. The van der Waals surface area contributed by atoms with Crippen LogP contribution in [0.3, 0.4) is 0 Å². The van der Waals surface area contributed by atoms with Crippen LogP contribution in [0.4, 0.5) is 43.4 Å². The molecule has 0 saturated heterocycles. The fraction of sp³-hybridized carbons (Fsp3) is 0.500. The van der Waals surface area contributed by atoms with Gasteiger partial charge in [0.15, 0.2) is 0 Å². The van der Waals surface area contributed by atoms with Crippen LogP contribution in [0.25, 0.3) is 37.5 Å². The second-order valence-electron chi connectivity index (χ2n) is 26.8. The van der Waals surface area contributed by atoms with E-state index in [4.69, 9.17) is 4.42 Å². The molecule has 1 heterocycles. The van der Waals surface area contributed by atoms with Gasteiger partial charge in [-0.1, -0.05) is 153 Å². The van der Waals surface area contributed by atoms with Gasteiger partial charge < -0.3 is 13.4 Å². The molecule has 0 spiro atoms. The van der Waals surface area contributed by atoms with Gasteiger partial charge in [0.2, 0.25) is 16.3 Å². The molecule has 79 heavy (non-hydrogen) atoms. The average Bonchev–Trinajstić information content (AvgIpc) is 3.24. The molecule has 0 amide bonds. The van der Waals surface area contributed by atoms with Crippen LogP contribution in [0.5, 0.6) is 0 Å². The van der Waals surface area contributed by atoms with Crippen LogP contribution in [0.15, 0.2) is 92.6 Å². The second-order valence-corrected chi connectivity index (χ2v) is 31.2. The summed E-state index contributed by atoms with van der Waals surface area (Å²) in [5, 5.41) is -4.11. The van der Waals surface area contributed by atoms with Gasteiger partial charge in [-0.25, -0.2) is 16.8 Å². The molecule has 0 radical (unpaired) electrons. The molecule has 6 rings (SSSR count). The Kier molecular flexibility index (Phi) is 16.8. The van der Waals surface area contributed by atoms with Crippen LogP contribution in [0, 0.1) is 0 Å². The highest BCUT2D eigenvalue weighted by atomic mass is 79.9.